The predicted octanol–water partition coefficient (Wildman–Crippen LogP) is 4.39. The van der Waals surface area contributed by atoms with Gasteiger partial charge in [0.2, 0.25) is 0 Å². The zero-order chi connectivity index (χ0) is 16.8. The van der Waals surface area contributed by atoms with E-state index >= 15 is 0 Å². The lowest BCUT2D eigenvalue weighted by Crippen LogP contribution is -2.47. The van der Waals surface area contributed by atoms with Crippen molar-refractivity contribution in [2.75, 3.05) is 5.32 Å². The number of hydrogen-bond donors (Lipinski definition) is 1. The second-order valence-electron chi connectivity index (χ2n) is 5.23. The van der Waals surface area contributed by atoms with E-state index in [1.165, 1.54) is 12.1 Å². The predicted molar refractivity (Wildman–Crippen MR) is 74.3 cm³/mol. The van der Waals surface area contributed by atoms with Gasteiger partial charge in [0, 0.05) is 5.69 Å². The van der Waals surface area contributed by atoms with Crippen molar-refractivity contribution in [2.45, 2.75) is 18.5 Å². The minimum absolute atomic E-state index is 0.0921. The number of rotatable bonds is 2. The second kappa shape index (κ2) is 5.04. The standard InChI is InChI=1S/C16H10F5NO/c17-15(18,16(19,20)21)14(23)22-11-5-6-13-10(8-11)7-9-3-1-2-4-12(9)13/h1-6,8H,7H2,(H,22,23). The average molecular weight is 327 g/mol. The van der Waals surface area contributed by atoms with Crippen molar-refractivity contribution in [3.8, 4) is 11.1 Å². The Morgan fingerprint density at radius 3 is 2.26 bits per heavy atom. The van der Waals surface area contributed by atoms with Crippen LogP contribution in [-0.2, 0) is 11.2 Å². The molecule has 1 amide bonds. The number of anilines is 1. The van der Waals surface area contributed by atoms with Crippen molar-refractivity contribution in [1.82, 2.24) is 0 Å². The van der Waals surface area contributed by atoms with Crippen LogP contribution in [0.2, 0.25) is 0 Å². The molecule has 0 atom stereocenters. The molecule has 0 unspecified atom stereocenters. The van der Waals surface area contributed by atoms with Gasteiger partial charge in [0.25, 0.3) is 0 Å². The molecule has 2 aromatic rings. The summed E-state index contributed by atoms with van der Waals surface area (Å²) < 4.78 is 62.4. The highest BCUT2D eigenvalue weighted by Crippen LogP contribution is 2.39. The third-order valence-electron chi connectivity index (χ3n) is 3.69. The highest BCUT2D eigenvalue weighted by molar-refractivity contribution is 5.97. The summed E-state index contributed by atoms with van der Waals surface area (Å²) in [7, 11) is 0. The molecular formula is C16H10F5NO. The van der Waals surface area contributed by atoms with Crippen LogP contribution in [0.3, 0.4) is 0 Å². The van der Waals surface area contributed by atoms with Gasteiger partial charge in [-0.2, -0.15) is 22.0 Å². The Labute approximate surface area is 127 Å². The maximum atomic E-state index is 13.0. The molecular weight excluding hydrogens is 317 g/mol. The van der Waals surface area contributed by atoms with Gasteiger partial charge in [-0.25, -0.2) is 0 Å². The number of amides is 1. The molecule has 0 aromatic heterocycles. The smallest absolute Gasteiger partial charge is 0.321 e. The monoisotopic (exact) mass is 327 g/mol. The molecule has 120 valence electrons. The Kier molecular flexibility index (Phi) is 3.39. The van der Waals surface area contributed by atoms with Crippen LogP contribution in [0.4, 0.5) is 27.6 Å². The van der Waals surface area contributed by atoms with Gasteiger partial charge in [-0.15, -0.1) is 0 Å². The lowest BCUT2D eigenvalue weighted by atomic mass is 10.1. The fourth-order valence-electron chi connectivity index (χ4n) is 2.56. The van der Waals surface area contributed by atoms with Crippen molar-refractivity contribution >= 4 is 11.6 Å². The highest BCUT2D eigenvalue weighted by Gasteiger charge is 2.63. The summed E-state index contributed by atoms with van der Waals surface area (Å²) in [5, 5.41) is 1.64. The number of alkyl halides is 5. The Morgan fingerprint density at radius 1 is 0.913 bits per heavy atom. The van der Waals surface area contributed by atoms with E-state index in [-0.39, 0.29) is 5.69 Å². The molecule has 0 radical (unpaired) electrons. The van der Waals surface area contributed by atoms with Gasteiger partial charge < -0.3 is 5.32 Å². The summed E-state index contributed by atoms with van der Waals surface area (Å²) in [6.07, 6.45) is -5.39. The zero-order valence-electron chi connectivity index (χ0n) is 11.5. The van der Waals surface area contributed by atoms with E-state index in [1.54, 1.807) is 11.4 Å². The van der Waals surface area contributed by atoms with E-state index in [4.69, 9.17) is 0 Å². The summed E-state index contributed by atoms with van der Waals surface area (Å²) in [4.78, 5) is 11.2. The third kappa shape index (κ3) is 2.56. The number of benzene rings is 2. The Morgan fingerprint density at radius 2 is 1.57 bits per heavy atom. The van der Waals surface area contributed by atoms with E-state index in [9.17, 15) is 26.7 Å². The van der Waals surface area contributed by atoms with Crippen LogP contribution in [0.5, 0.6) is 0 Å². The fourth-order valence-corrected chi connectivity index (χ4v) is 2.56. The highest BCUT2D eigenvalue weighted by atomic mass is 19.4. The molecule has 0 aliphatic heterocycles. The molecule has 0 saturated carbocycles. The van der Waals surface area contributed by atoms with Crippen molar-refractivity contribution < 1.29 is 26.7 Å². The average Bonchev–Trinajstić information content (AvgIpc) is 2.83. The number of fused-ring (bicyclic) bond motifs is 3. The summed E-state index contributed by atoms with van der Waals surface area (Å²) in [6, 6.07) is 11.8. The minimum atomic E-state index is -5.93. The number of nitrogens with one attached hydrogen (secondary N) is 1. The summed E-state index contributed by atoms with van der Waals surface area (Å²) >= 11 is 0. The van der Waals surface area contributed by atoms with Crippen LogP contribution >= 0.6 is 0 Å². The number of carbonyl (C=O) groups is 1. The van der Waals surface area contributed by atoms with Gasteiger partial charge in [-0.1, -0.05) is 30.3 Å². The number of halogens is 5. The van der Waals surface area contributed by atoms with Crippen molar-refractivity contribution in [3.63, 3.8) is 0 Å². The molecule has 1 aliphatic carbocycles. The maximum absolute atomic E-state index is 13.0. The summed E-state index contributed by atoms with van der Waals surface area (Å²) in [5.74, 6) is -7.82. The Balaban J connectivity index is 1.85. The van der Waals surface area contributed by atoms with Crippen molar-refractivity contribution in [2.24, 2.45) is 0 Å². The largest absolute Gasteiger partial charge is 0.463 e. The van der Waals surface area contributed by atoms with Gasteiger partial charge in [0.05, 0.1) is 0 Å². The molecule has 0 saturated heterocycles. The summed E-state index contributed by atoms with van der Waals surface area (Å²) in [5.41, 5.74) is 3.57. The topological polar surface area (TPSA) is 29.1 Å². The van der Waals surface area contributed by atoms with Gasteiger partial charge in [-0.3, -0.25) is 4.79 Å². The molecule has 2 aromatic carbocycles. The van der Waals surface area contributed by atoms with Crippen molar-refractivity contribution in [3.05, 3.63) is 53.6 Å². The normalized spacial score (nSPS) is 13.4. The van der Waals surface area contributed by atoms with Gasteiger partial charge in [0.15, 0.2) is 0 Å². The molecule has 0 spiro atoms. The van der Waals surface area contributed by atoms with Crippen LogP contribution in [-0.4, -0.2) is 18.0 Å². The molecule has 7 heteroatoms. The third-order valence-corrected chi connectivity index (χ3v) is 3.69. The van der Waals surface area contributed by atoms with E-state index in [1.807, 2.05) is 24.3 Å². The number of carbonyl (C=O) groups excluding carboxylic acids is 1. The first-order valence-corrected chi connectivity index (χ1v) is 6.67. The van der Waals surface area contributed by atoms with E-state index in [2.05, 4.69) is 0 Å². The quantitative estimate of drug-likeness (QED) is 0.695. The van der Waals surface area contributed by atoms with Crippen LogP contribution < -0.4 is 5.32 Å². The molecule has 2 nitrogen and oxygen atoms in total. The van der Waals surface area contributed by atoms with E-state index in [0.717, 1.165) is 22.3 Å². The maximum Gasteiger partial charge on any atom is 0.463 e. The van der Waals surface area contributed by atoms with Crippen LogP contribution in [0, 0.1) is 0 Å². The zero-order valence-corrected chi connectivity index (χ0v) is 11.5. The lowest BCUT2D eigenvalue weighted by Gasteiger charge is -2.18. The van der Waals surface area contributed by atoms with Gasteiger partial charge >= 0.3 is 18.0 Å². The van der Waals surface area contributed by atoms with Crippen LogP contribution in [0.15, 0.2) is 42.5 Å². The molecule has 3 rings (SSSR count). The van der Waals surface area contributed by atoms with E-state index in [0.29, 0.717) is 6.42 Å². The Bertz CT molecular complexity index is 782. The second-order valence-corrected chi connectivity index (χ2v) is 5.23. The fraction of sp³-hybridized carbons (Fsp3) is 0.188. The lowest BCUT2D eigenvalue weighted by molar-refractivity contribution is -0.267. The first-order valence-electron chi connectivity index (χ1n) is 6.67. The van der Waals surface area contributed by atoms with Crippen molar-refractivity contribution in [1.29, 1.82) is 0 Å². The first kappa shape index (κ1) is 15.5. The van der Waals surface area contributed by atoms with Gasteiger partial charge in [0.1, 0.15) is 0 Å². The van der Waals surface area contributed by atoms with E-state index < -0.39 is 18.0 Å². The SMILES string of the molecule is O=C(Nc1ccc2c(c1)Cc1ccccc1-2)C(F)(F)C(F)(F)F. The molecule has 1 aliphatic rings. The number of hydrogen-bond acceptors (Lipinski definition) is 1. The Hall–Kier alpha value is -2.44. The molecule has 1 N–H and O–H groups in total. The van der Waals surface area contributed by atoms with Crippen LogP contribution in [0.1, 0.15) is 11.1 Å². The van der Waals surface area contributed by atoms with Crippen LogP contribution in [0.25, 0.3) is 11.1 Å². The molecule has 0 heterocycles. The first-order chi connectivity index (χ1) is 10.7. The molecule has 0 bridgehead atoms. The molecule has 23 heavy (non-hydrogen) atoms. The molecule has 0 fully saturated rings. The van der Waals surface area contributed by atoms with Gasteiger partial charge in [-0.05, 0) is 40.8 Å². The summed E-state index contributed by atoms with van der Waals surface area (Å²) in [6.45, 7) is 0. The minimum Gasteiger partial charge on any atom is -0.321 e.